The fraction of sp³-hybridized carbons (Fsp3) is 0.182. The first kappa shape index (κ1) is 12.0. The molecule has 2 N–H and O–H groups in total. The molecule has 0 saturated carbocycles. The maximum Gasteiger partial charge on any atom is 0.180 e. The summed E-state index contributed by atoms with van der Waals surface area (Å²) in [5, 5.41) is 2.87. The number of halogens is 1. The average molecular weight is 271 g/mol. The molecule has 0 spiro atoms. The smallest absolute Gasteiger partial charge is 0.180 e. The molecule has 0 aliphatic heterocycles. The van der Waals surface area contributed by atoms with Crippen LogP contribution in [0.2, 0.25) is 5.02 Å². The molecule has 0 radical (unpaired) electrons. The normalized spacial score (nSPS) is 10.3. The third-order valence-corrected chi connectivity index (χ3v) is 3.24. The second-order valence-electron chi connectivity index (χ2n) is 3.26. The monoisotopic (exact) mass is 270 g/mol. The predicted molar refractivity (Wildman–Crippen MR) is 70.1 cm³/mol. The van der Waals surface area contributed by atoms with Crippen molar-refractivity contribution < 1.29 is 9.47 Å². The Morgan fingerprint density at radius 1 is 1.24 bits per heavy atom. The van der Waals surface area contributed by atoms with Crippen LogP contribution in [0.1, 0.15) is 0 Å². The summed E-state index contributed by atoms with van der Waals surface area (Å²) in [6.07, 6.45) is 0. The van der Waals surface area contributed by atoms with Crippen LogP contribution in [0, 0.1) is 0 Å². The van der Waals surface area contributed by atoms with E-state index in [1.807, 2.05) is 5.38 Å². The van der Waals surface area contributed by atoms with Crippen molar-refractivity contribution in [3.05, 3.63) is 22.5 Å². The highest BCUT2D eigenvalue weighted by atomic mass is 35.5. The fourth-order valence-electron chi connectivity index (χ4n) is 1.47. The quantitative estimate of drug-likeness (QED) is 0.931. The summed E-state index contributed by atoms with van der Waals surface area (Å²) in [5.74, 6) is 1.21. The maximum absolute atomic E-state index is 6.08. The fourth-order valence-corrected chi connectivity index (χ4v) is 2.28. The van der Waals surface area contributed by atoms with Crippen molar-refractivity contribution in [3.8, 4) is 22.8 Å². The first-order chi connectivity index (χ1) is 8.15. The SMILES string of the molecule is COc1cc(OC)c(-c2csc(N)n2)cc1Cl. The van der Waals surface area contributed by atoms with Crippen molar-refractivity contribution >= 4 is 28.1 Å². The van der Waals surface area contributed by atoms with Gasteiger partial charge in [0.1, 0.15) is 11.5 Å². The van der Waals surface area contributed by atoms with Crippen LogP contribution in [0.25, 0.3) is 11.3 Å². The van der Waals surface area contributed by atoms with E-state index in [1.54, 1.807) is 26.4 Å². The van der Waals surface area contributed by atoms with E-state index in [-0.39, 0.29) is 0 Å². The summed E-state index contributed by atoms with van der Waals surface area (Å²) in [6.45, 7) is 0. The molecule has 0 fully saturated rings. The Hall–Kier alpha value is -1.46. The van der Waals surface area contributed by atoms with Crippen LogP contribution in [-0.2, 0) is 0 Å². The lowest BCUT2D eigenvalue weighted by Crippen LogP contribution is -1.92. The van der Waals surface area contributed by atoms with Gasteiger partial charge < -0.3 is 15.2 Å². The van der Waals surface area contributed by atoms with E-state index in [9.17, 15) is 0 Å². The number of hydrogen-bond donors (Lipinski definition) is 1. The van der Waals surface area contributed by atoms with E-state index >= 15 is 0 Å². The van der Waals surface area contributed by atoms with Gasteiger partial charge in [-0.2, -0.15) is 0 Å². The van der Waals surface area contributed by atoms with Crippen molar-refractivity contribution in [1.82, 2.24) is 4.98 Å². The molecule has 1 aromatic heterocycles. The molecule has 2 aromatic rings. The molecule has 0 bridgehead atoms. The van der Waals surface area contributed by atoms with Gasteiger partial charge in [-0.15, -0.1) is 11.3 Å². The Balaban J connectivity index is 2.57. The van der Waals surface area contributed by atoms with Gasteiger partial charge in [0.05, 0.1) is 24.9 Å². The molecule has 17 heavy (non-hydrogen) atoms. The van der Waals surface area contributed by atoms with E-state index in [1.165, 1.54) is 11.3 Å². The van der Waals surface area contributed by atoms with Crippen molar-refractivity contribution in [2.45, 2.75) is 0 Å². The van der Waals surface area contributed by atoms with Gasteiger partial charge in [0.25, 0.3) is 0 Å². The number of benzene rings is 1. The number of hydrogen-bond acceptors (Lipinski definition) is 5. The van der Waals surface area contributed by atoms with Gasteiger partial charge in [-0.1, -0.05) is 11.6 Å². The number of anilines is 1. The third kappa shape index (κ3) is 2.30. The average Bonchev–Trinajstić information content (AvgIpc) is 2.75. The van der Waals surface area contributed by atoms with E-state index in [4.69, 9.17) is 26.8 Å². The topological polar surface area (TPSA) is 57.4 Å². The number of rotatable bonds is 3. The zero-order valence-corrected chi connectivity index (χ0v) is 10.9. The molecule has 0 atom stereocenters. The van der Waals surface area contributed by atoms with Gasteiger partial charge in [-0.25, -0.2) is 4.98 Å². The second-order valence-corrected chi connectivity index (χ2v) is 4.55. The summed E-state index contributed by atoms with van der Waals surface area (Å²) in [4.78, 5) is 4.20. The Bertz CT molecular complexity index is 542. The molecule has 1 heterocycles. The number of ether oxygens (including phenoxy) is 2. The van der Waals surface area contributed by atoms with Gasteiger partial charge in [0.15, 0.2) is 5.13 Å². The molecule has 1 aromatic carbocycles. The van der Waals surface area contributed by atoms with E-state index in [0.29, 0.717) is 21.7 Å². The van der Waals surface area contributed by atoms with Crippen LogP contribution >= 0.6 is 22.9 Å². The minimum absolute atomic E-state index is 0.508. The van der Waals surface area contributed by atoms with Crippen LogP contribution in [0.3, 0.4) is 0 Å². The molecule has 0 aliphatic carbocycles. The van der Waals surface area contributed by atoms with E-state index in [0.717, 1.165) is 11.3 Å². The highest BCUT2D eigenvalue weighted by Crippen LogP contribution is 2.38. The predicted octanol–water partition coefficient (Wildman–Crippen LogP) is 3.06. The lowest BCUT2D eigenvalue weighted by atomic mass is 10.1. The Morgan fingerprint density at radius 3 is 2.47 bits per heavy atom. The Morgan fingerprint density at radius 2 is 1.94 bits per heavy atom. The molecule has 0 saturated heterocycles. The van der Waals surface area contributed by atoms with Gasteiger partial charge >= 0.3 is 0 Å². The zero-order chi connectivity index (χ0) is 12.4. The highest BCUT2D eigenvalue weighted by Gasteiger charge is 2.13. The summed E-state index contributed by atoms with van der Waals surface area (Å²) in [7, 11) is 3.14. The molecular formula is C11H11ClN2O2S. The number of thiazole rings is 1. The van der Waals surface area contributed by atoms with Crippen LogP contribution in [0.15, 0.2) is 17.5 Å². The van der Waals surface area contributed by atoms with Crippen molar-refractivity contribution in [1.29, 1.82) is 0 Å². The van der Waals surface area contributed by atoms with E-state index < -0.39 is 0 Å². The molecule has 90 valence electrons. The number of nitrogens with zero attached hydrogens (tertiary/aromatic N) is 1. The molecule has 0 aliphatic rings. The van der Waals surface area contributed by atoms with Crippen LogP contribution in [0.5, 0.6) is 11.5 Å². The largest absolute Gasteiger partial charge is 0.496 e. The maximum atomic E-state index is 6.08. The highest BCUT2D eigenvalue weighted by molar-refractivity contribution is 7.13. The van der Waals surface area contributed by atoms with Gasteiger partial charge in [0.2, 0.25) is 0 Å². The first-order valence-corrected chi connectivity index (χ1v) is 6.04. The third-order valence-electron chi connectivity index (χ3n) is 2.27. The Labute approximate surface area is 108 Å². The van der Waals surface area contributed by atoms with Gasteiger partial charge in [-0.3, -0.25) is 0 Å². The first-order valence-electron chi connectivity index (χ1n) is 4.78. The number of methoxy groups -OCH3 is 2. The number of nitrogens with two attached hydrogens (primary N) is 1. The van der Waals surface area contributed by atoms with Crippen LogP contribution in [-0.4, -0.2) is 19.2 Å². The van der Waals surface area contributed by atoms with Crippen molar-refractivity contribution in [3.63, 3.8) is 0 Å². The van der Waals surface area contributed by atoms with Gasteiger partial charge in [-0.05, 0) is 6.07 Å². The molecule has 0 unspecified atom stereocenters. The van der Waals surface area contributed by atoms with E-state index in [2.05, 4.69) is 4.98 Å². The summed E-state index contributed by atoms with van der Waals surface area (Å²) >= 11 is 7.45. The minimum Gasteiger partial charge on any atom is -0.496 e. The lowest BCUT2D eigenvalue weighted by Gasteiger charge is -2.10. The summed E-state index contributed by atoms with van der Waals surface area (Å²) in [6, 6.07) is 3.49. The molecule has 4 nitrogen and oxygen atoms in total. The van der Waals surface area contributed by atoms with Crippen LogP contribution in [0.4, 0.5) is 5.13 Å². The lowest BCUT2D eigenvalue weighted by molar-refractivity contribution is 0.395. The Kier molecular flexibility index (Phi) is 3.40. The summed E-state index contributed by atoms with van der Waals surface area (Å²) in [5.41, 5.74) is 7.15. The molecule has 6 heteroatoms. The zero-order valence-electron chi connectivity index (χ0n) is 9.36. The molecule has 0 amide bonds. The van der Waals surface area contributed by atoms with Crippen molar-refractivity contribution in [2.75, 3.05) is 20.0 Å². The number of nitrogen functional groups attached to an aromatic ring is 1. The number of aromatic nitrogens is 1. The standard InChI is InChI=1S/C11H11ClN2O2S/c1-15-9-4-10(16-2)7(12)3-6(9)8-5-17-11(13)14-8/h3-5H,1-2H3,(H2,13,14). The minimum atomic E-state index is 0.508. The molecular weight excluding hydrogens is 260 g/mol. The molecule has 2 rings (SSSR count). The summed E-state index contributed by atoms with van der Waals surface area (Å²) < 4.78 is 10.4. The van der Waals surface area contributed by atoms with Crippen molar-refractivity contribution in [2.24, 2.45) is 0 Å². The second kappa shape index (κ2) is 4.81. The van der Waals surface area contributed by atoms with Crippen LogP contribution < -0.4 is 15.2 Å². The van der Waals surface area contributed by atoms with Gasteiger partial charge in [0, 0.05) is 17.0 Å².